The molecule has 0 aromatic carbocycles. The third-order valence-corrected chi connectivity index (χ3v) is 5.11. The Hall–Kier alpha value is -0.660. The van der Waals surface area contributed by atoms with E-state index in [1.54, 1.807) is 7.11 Å². The van der Waals surface area contributed by atoms with Gasteiger partial charge in [0, 0.05) is 46.3 Å². The molecule has 0 spiro atoms. The van der Waals surface area contributed by atoms with Crippen molar-refractivity contribution in [2.45, 2.75) is 32.6 Å². The fourth-order valence-corrected chi connectivity index (χ4v) is 3.51. The van der Waals surface area contributed by atoms with Crippen molar-refractivity contribution >= 4 is 15.9 Å². The maximum atomic E-state index is 12.2. The standard InChI is InChI=1S/C14H28N2O4S/c1-13-6-4-8-15(12-13)14(17)7-10-16(21(3,18)19)9-5-11-20-2/h13H,4-12H2,1-3H3. The first-order chi connectivity index (χ1) is 9.84. The van der Waals surface area contributed by atoms with Crippen molar-refractivity contribution in [1.29, 1.82) is 0 Å². The van der Waals surface area contributed by atoms with Crippen LogP contribution in [0.1, 0.15) is 32.6 Å². The summed E-state index contributed by atoms with van der Waals surface area (Å²) in [6.07, 6.45) is 4.28. The summed E-state index contributed by atoms with van der Waals surface area (Å²) in [4.78, 5) is 14.0. The molecule has 0 aromatic heterocycles. The first kappa shape index (κ1) is 18.4. The lowest BCUT2D eigenvalue weighted by Crippen LogP contribution is -2.41. The van der Waals surface area contributed by atoms with E-state index in [1.165, 1.54) is 10.6 Å². The predicted molar refractivity (Wildman–Crippen MR) is 82.5 cm³/mol. The third-order valence-electron chi connectivity index (χ3n) is 3.81. The molecule has 0 aromatic rings. The van der Waals surface area contributed by atoms with Crippen molar-refractivity contribution in [1.82, 2.24) is 9.21 Å². The van der Waals surface area contributed by atoms with E-state index in [0.717, 1.165) is 25.9 Å². The summed E-state index contributed by atoms with van der Waals surface area (Å²) in [5.41, 5.74) is 0. The minimum atomic E-state index is -3.28. The van der Waals surface area contributed by atoms with Gasteiger partial charge in [-0.25, -0.2) is 12.7 Å². The zero-order valence-corrected chi connectivity index (χ0v) is 14.2. The van der Waals surface area contributed by atoms with Crippen LogP contribution in [-0.2, 0) is 19.6 Å². The molecule has 1 saturated heterocycles. The van der Waals surface area contributed by atoms with Crippen LogP contribution in [0.3, 0.4) is 0 Å². The molecule has 1 amide bonds. The second-order valence-electron chi connectivity index (χ2n) is 5.85. The summed E-state index contributed by atoms with van der Waals surface area (Å²) in [7, 11) is -1.69. The van der Waals surface area contributed by atoms with Crippen LogP contribution in [0.5, 0.6) is 0 Å². The lowest BCUT2D eigenvalue weighted by Gasteiger charge is -2.31. The molecule has 7 heteroatoms. The molecule has 1 heterocycles. The van der Waals surface area contributed by atoms with E-state index in [4.69, 9.17) is 4.74 Å². The number of hydrogen-bond donors (Lipinski definition) is 0. The maximum absolute atomic E-state index is 12.2. The van der Waals surface area contributed by atoms with Gasteiger partial charge in [0.15, 0.2) is 0 Å². The Labute approximate surface area is 128 Å². The van der Waals surface area contributed by atoms with Gasteiger partial charge in [0.25, 0.3) is 0 Å². The number of hydrogen-bond acceptors (Lipinski definition) is 4. The Morgan fingerprint density at radius 1 is 1.38 bits per heavy atom. The molecular formula is C14H28N2O4S. The number of piperidine rings is 1. The molecule has 21 heavy (non-hydrogen) atoms. The average Bonchev–Trinajstić information content (AvgIpc) is 2.41. The molecule has 1 aliphatic rings. The molecule has 0 aliphatic carbocycles. The van der Waals surface area contributed by atoms with E-state index in [9.17, 15) is 13.2 Å². The van der Waals surface area contributed by atoms with Crippen LogP contribution in [0.4, 0.5) is 0 Å². The average molecular weight is 320 g/mol. The van der Waals surface area contributed by atoms with E-state index in [-0.39, 0.29) is 18.9 Å². The number of nitrogens with zero attached hydrogens (tertiary/aromatic N) is 2. The highest BCUT2D eigenvalue weighted by molar-refractivity contribution is 7.88. The number of methoxy groups -OCH3 is 1. The number of carbonyl (C=O) groups is 1. The molecule has 0 radical (unpaired) electrons. The summed E-state index contributed by atoms with van der Waals surface area (Å²) >= 11 is 0. The van der Waals surface area contributed by atoms with Gasteiger partial charge in [0.05, 0.1) is 6.26 Å². The van der Waals surface area contributed by atoms with Crippen molar-refractivity contribution in [2.24, 2.45) is 5.92 Å². The second-order valence-corrected chi connectivity index (χ2v) is 7.83. The Morgan fingerprint density at radius 2 is 2.10 bits per heavy atom. The number of carbonyl (C=O) groups excluding carboxylic acids is 1. The van der Waals surface area contributed by atoms with E-state index in [1.807, 2.05) is 4.90 Å². The highest BCUT2D eigenvalue weighted by Gasteiger charge is 2.23. The van der Waals surface area contributed by atoms with Crippen LogP contribution in [0.25, 0.3) is 0 Å². The van der Waals surface area contributed by atoms with E-state index in [2.05, 4.69) is 6.92 Å². The molecule has 0 saturated carbocycles. The van der Waals surface area contributed by atoms with Crippen LogP contribution in [0.2, 0.25) is 0 Å². The van der Waals surface area contributed by atoms with Crippen molar-refractivity contribution in [3.63, 3.8) is 0 Å². The molecule has 1 fully saturated rings. The van der Waals surface area contributed by atoms with Gasteiger partial charge in [-0.1, -0.05) is 6.92 Å². The van der Waals surface area contributed by atoms with Crippen molar-refractivity contribution < 1.29 is 17.9 Å². The third kappa shape index (κ3) is 6.76. The van der Waals surface area contributed by atoms with Gasteiger partial charge in [-0.3, -0.25) is 4.79 Å². The van der Waals surface area contributed by atoms with Gasteiger partial charge in [0.1, 0.15) is 0 Å². The minimum absolute atomic E-state index is 0.0574. The zero-order chi connectivity index (χ0) is 15.9. The largest absolute Gasteiger partial charge is 0.385 e. The van der Waals surface area contributed by atoms with Gasteiger partial charge in [0.2, 0.25) is 15.9 Å². The van der Waals surface area contributed by atoms with E-state index < -0.39 is 10.0 Å². The summed E-state index contributed by atoms with van der Waals surface area (Å²) in [5, 5.41) is 0. The first-order valence-corrected chi connectivity index (χ1v) is 9.41. The van der Waals surface area contributed by atoms with E-state index >= 15 is 0 Å². The highest BCUT2D eigenvalue weighted by Crippen LogP contribution is 2.16. The molecule has 0 N–H and O–H groups in total. The molecule has 1 atom stereocenters. The lowest BCUT2D eigenvalue weighted by atomic mass is 10.00. The summed E-state index contributed by atoms with van der Waals surface area (Å²) in [6.45, 7) is 4.91. The Kier molecular flexibility index (Phi) is 7.62. The van der Waals surface area contributed by atoms with Gasteiger partial charge < -0.3 is 9.64 Å². The van der Waals surface area contributed by atoms with Crippen molar-refractivity contribution in [3.05, 3.63) is 0 Å². The van der Waals surface area contributed by atoms with Gasteiger partial charge in [-0.15, -0.1) is 0 Å². The van der Waals surface area contributed by atoms with Crippen LogP contribution < -0.4 is 0 Å². The summed E-state index contributed by atoms with van der Waals surface area (Å²) in [5.74, 6) is 0.595. The first-order valence-electron chi connectivity index (χ1n) is 7.56. The summed E-state index contributed by atoms with van der Waals surface area (Å²) in [6, 6.07) is 0. The Balaban J connectivity index is 2.46. The second kappa shape index (κ2) is 8.70. The normalized spacial score (nSPS) is 20.0. The summed E-state index contributed by atoms with van der Waals surface area (Å²) < 4.78 is 29.8. The fourth-order valence-electron chi connectivity index (χ4n) is 2.62. The topological polar surface area (TPSA) is 66.9 Å². The zero-order valence-electron chi connectivity index (χ0n) is 13.4. The molecule has 1 unspecified atom stereocenters. The van der Waals surface area contributed by atoms with Gasteiger partial charge >= 0.3 is 0 Å². The van der Waals surface area contributed by atoms with Crippen LogP contribution in [0, 0.1) is 5.92 Å². The SMILES string of the molecule is COCCCN(CCC(=O)N1CCCC(C)C1)S(C)(=O)=O. The predicted octanol–water partition coefficient (Wildman–Crippen LogP) is 0.933. The van der Waals surface area contributed by atoms with Gasteiger partial charge in [-0.05, 0) is 25.2 Å². The van der Waals surface area contributed by atoms with E-state index in [0.29, 0.717) is 25.5 Å². The van der Waals surface area contributed by atoms with Crippen LogP contribution in [0.15, 0.2) is 0 Å². The van der Waals surface area contributed by atoms with Crippen LogP contribution >= 0.6 is 0 Å². The number of amides is 1. The quantitative estimate of drug-likeness (QED) is 0.624. The number of ether oxygens (including phenoxy) is 1. The number of likely N-dealkylation sites (tertiary alicyclic amines) is 1. The minimum Gasteiger partial charge on any atom is -0.385 e. The molecule has 6 nitrogen and oxygen atoms in total. The molecular weight excluding hydrogens is 292 g/mol. The lowest BCUT2D eigenvalue weighted by molar-refractivity contribution is -0.133. The Morgan fingerprint density at radius 3 is 2.67 bits per heavy atom. The molecule has 1 aliphatic heterocycles. The number of rotatable bonds is 8. The van der Waals surface area contributed by atoms with Crippen LogP contribution in [-0.4, -0.2) is 69.7 Å². The smallest absolute Gasteiger partial charge is 0.223 e. The van der Waals surface area contributed by atoms with Crippen molar-refractivity contribution in [2.75, 3.05) is 46.2 Å². The number of sulfonamides is 1. The molecule has 124 valence electrons. The maximum Gasteiger partial charge on any atom is 0.223 e. The monoisotopic (exact) mass is 320 g/mol. The molecule has 1 rings (SSSR count). The highest BCUT2D eigenvalue weighted by atomic mass is 32.2. The Bertz CT molecular complexity index is 425. The molecule has 0 bridgehead atoms. The fraction of sp³-hybridized carbons (Fsp3) is 0.929. The van der Waals surface area contributed by atoms with Gasteiger partial charge in [-0.2, -0.15) is 0 Å². The van der Waals surface area contributed by atoms with Crippen molar-refractivity contribution in [3.8, 4) is 0 Å².